The van der Waals surface area contributed by atoms with E-state index in [1.807, 2.05) is 11.4 Å². The lowest BCUT2D eigenvalue weighted by molar-refractivity contribution is 0.155. The average Bonchev–Trinajstić information content (AvgIpc) is 2.96. The third kappa shape index (κ3) is 2.43. The number of aromatic nitrogens is 2. The summed E-state index contributed by atoms with van der Waals surface area (Å²) >= 11 is 7.42. The average molecular weight is 299 g/mol. The molecule has 0 bridgehead atoms. The van der Waals surface area contributed by atoms with Crippen molar-refractivity contribution in [3.63, 3.8) is 0 Å². The third-order valence-corrected chi connectivity index (χ3v) is 4.16. The van der Waals surface area contributed by atoms with E-state index in [1.54, 1.807) is 0 Å². The molecule has 2 aromatic rings. The molecule has 1 atom stereocenters. The van der Waals surface area contributed by atoms with Crippen molar-refractivity contribution in [1.29, 1.82) is 0 Å². The van der Waals surface area contributed by atoms with Crippen LogP contribution in [0.5, 0.6) is 0 Å². The van der Waals surface area contributed by atoms with E-state index in [4.69, 9.17) is 16.7 Å². The number of nitrogens with one attached hydrogen (secondary N) is 1. The predicted octanol–water partition coefficient (Wildman–Crippen LogP) is 2.51. The molecule has 0 aromatic carbocycles. The predicted molar refractivity (Wildman–Crippen MR) is 74.1 cm³/mol. The molecule has 0 unspecified atom stereocenters. The molecule has 6 nitrogen and oxygen atoms in total. The van der Waals surface area contributed by atoms with Crippen molar-refractivity contribution in [3.05, 3.63) is 16.7 Å². The number of fused-ring (bicyclic) bond motifs is 1. The van der Waals surface area contributed by atoms with E-state index in [1.165, 1.54) is 16.2 Å². The number of hydrogen-bond donors (Lipinski definition) is 2. The number of anilines is 1. The lowest BCUT2D eigenvalue weighted by Gasteiger charge is -2.14. The van der Waals surface area contributed by atoms with Gasteiger partial charge in [-0.25, -0.2) is 9.78 Å². The molecule has 100 valence electrons. The van der Waals surface area contributed by atoms with E-state index in [9.17, 15) is 4.79 Å². The summed E-state index contributed by atoms with van der Waals surface area (Å²) in [5.41, 5.74) is 0.806. The van der Waals surface area contributed by atoms with Crippen LogP contribution >= 0.6 is 22.9 Å². The van der Waals surface area contributed by atoms with Crippen LogP contribution in [0, 0.1) is 0 Å². The van der Waals surface area contributed by atoms with E-state index in [0.717, 1.165) is 16.6 Å². The van der Waals surface area contributed by atoms with E-state index < -0.39 is 6.09 Å². The van der Waals surface area contributed by atoms with Gasteiger partial charge in [-0.1, -0.05) is 0 Å². The maximum atomic E-state index is 10.9. The molecule has 1 fully saturated rings. The maximum absolute atomic E-state index is 10.9. The molecule has 1 amide bonds. The molecule has 2 N–H and O–H groups in total. The zero-order valence-corrected chi connectivity index (χ0v) is 11.4. The van der Waals surface area contributed by atoms with Gasteiger partial charge in [-0.3, -0.25) is 0 Å². The quantitative estimate of drug-likeness (QED) is 0.833. The van der Waals surface area contributed by atoms with E-state index >= 15 is 0 Å². The van der Waals surface area contributed by atoms with Gasteiger partial charge >= 0.3 is 6.09 Å². The molecule has 0 radical (unpaired) electrons. The summed E-state index contributed by atoms with van der Waals surface area (Å²) in [6.45, 7) is 1.00. The molecule has 0 spiro atoms. The molecule has 1 saturated heterocycles. The third-order valence-electron chi connectivity index (χ3n) is 3.08. The second kappa shape index (κ2) is 4.82. The van der Waals surface area contributed by atoms with Crippen LogP contribution < -0.4 is 5.32 Å². The van der Waals surface area contributed by atoms with Gasteiger partial charge in [0.05, 0.1) is 10.2 Å². The SMILES string of the molecule is O=C(O)N1CC[C@@H](Nc2nc(Cl)nc3ccsc23)C1. The zero-order chi connectivity index (χ0) is 13.4. The van der Waals surface area contributed by atoms with Crippen molar-refractivity contribution >= 4 is 45.1 Å². The number of nitrogens with zero attached hydrogens (tertiary/aromatic N) is 3. The molecular formula is C11H11ClN4O2S. The van der Waals surface area contributed by atoms with E-state index in [2.05, 4.69) is 15.3 Å². The van der Waals surface area contributed by atoms with Gasteiger partial charge in [-0.15, -0.1) is 11.3 Å². The van der Waals surface area contributed by atoms with Crippen molar-refractivity contribution in [3.8, 4) is 0 Å². The Bertz CT molecular complexity index is 632. The summed E-state index contributed by atoms with van der Waals surface area (Å²) in [5, 5.41) is 14.3. The van der Waals surface area contributed by atoms with Gasteiger partial charge in [-0.05, 0) is 29.5 Å². The Labute approximate surface area is 118 Å². The van der Waals surface area contributed by atoms with E-state index in [0.29, 0.717) is 18.9 Å². The Morgan fingerprint density at radius 1 is 1.58 bits per heavy atom. The van der Waals surface area contributed by atoms with Crippen molar-refractivity contribution in [2.45, 2.75) is 12.5 Å². The highest BCUT2D eigenvalue weighted by atomic mass is 35.5. The van der Waals surface area contributed by atoms with Gasteiger partial charge in [-0.2, -0.15) is 4.98 Å². The lowest BCUT2D eigenvalue weighted by atomic mass is 10.2. The number of likely N-dealkylation sites (tertiary alicyclic amines) is 1. The highest BCUT2D eigenvalue weighted by molar-refractivity contribution is 7.17. The maximum Gasteiger partial charge on any atom is 0.407 e. The van der Waals surface area contributed by atoms with Crippen molar-refractivity contribution in [2.75, 3.05) is 18.4 Å². The molecule has 1 aliphatic rings. The fourth-order valence-electron chi connectivity index (χ4n) is 2.18. The number of halogens is 1. The number of amides is 1. The van der Waals surface area contributed by atoms with Crippen LogP contribution in [0.15, 0.2) is 11.4 Å². The minimum atomic E-state index is -0.883. The van der Waals surface area contributed by atoms with Crippen LogP contribution in [-0.2, 0) is 0 Å². The van der Waals surface area contributed by atoms with Crippen LogP contribution in [0.4, 0.5) is 10.6 Å². The number of carbonyl (C=O) groups is 1. The minimum absolute atomic E-state index is 0.0624. The standard InChI is InChI=1S/C11H11ClN4O2S/c12-10-14-7-2-4-19-8(7)9(15-10)13-6-1-3-16(5-6)11(17)18/h2,4,6H,1,3,5H2,(H,17,18)(H,13,14,15)/t6-/m1/s1. The van der Waals surface area contributed by atoms with Gasteiger partial charge in [0.25, 0.3) is 0 Å². The summed E-state index contributed by atoms with van der Waals surface area (Å²) in [4.78, 5) is 20.6. The largest absolute Gasteiger partial charge is 0.465 e. The number of hydrogen-bond acceptors (Lipinski definition) is 5. The Morgan fingerprint density at radius 3 is 3.16 bits per heavy atom. The number of rotatable bonds is 2. The highest BCUT2D eigenvalue weighted by Gasteiger charge is 2.26. The van der Waals surface area contributed by atoms with Crippen molar-refractivity contribution < 1.29 is 9.90 Å². The summed E-state index contributed by atoms with van der Waals surface area (Å²) in [7, 11) is 0. The highest BCUT2D eigenvalue weighted by Crippen LogP contribution is 2.28. The van der Waals surface area contributed by atoms with Crippen LogP contribution in [0.3, 0.4) is 0 Å². The summed E-state index contributed by atoms with van der Waals surface area (Å²) in [6.07, 6.45) is -0.118. The second-order valence-electron chi connectivity index (χ2n) is 4.33. The fourth-order valence-corrected chi connectivity index (χ4v) is 3.14. The minimum Gasteiger partial charge on any atom is -0.465 e. The normalized spacial score (nSPS) is 19.0. The van der Waals surface area contributed by atoms with Crippen LogP contribution in [0.2, 0.25) is 5.28 Å². The number of thiophene rings is 1. The molecule has 3 rings (SSSR count). The van der Waals surface area contributed by atoms with Crippen LogP contribution in [0.25, 0.3) is 10.2 Å². The first-order chi connectivity index (χ1) is 9.13. The van der Waals surface area contributed by atoms with Gasteiger partial charge in [0, 0.05) is 19.1 Å². The molecule has 2 aromatic heterocycles. The summed E-state index contributed by atoms with van der Waals surface area (Å²) in [6, 6.07) is 1.95. The fraction of sp³-hybridized carbons (Fsp3) is 0.364. The molecule has 19 heavy (non-hydrogen) atoms. The topological polar surface area (TPSA) is 78.4 Å². The Kier molecular flexibility index (Phi) is 3.16. The first kappa shape index (κ1) is 12.4. The van der Waals surface area contributed by atoms with Crippen LogP contribution in [-0.4, -0.2) is 45.2 Å². The van der Waals surface area contributed by atoms with Crippen molar-refractivity contribution in [1.82, 2.24) is 14.9 Å². The molecule has 0 aliphatic carbocycles. The van der Waals surface area contributed by atoms with E-state index in [-0.39, 0.29) is 11.3 Å². The van der Waals surface area contributed by atoms with Gasteiger partial charge < -0.3 is 15.3 Å². The Hall–Kier alpha value is -1.60. The molecule has 3 heterocycles. The molecular weight excluding hydrogens is 288 g/mol. The summed E-state index contributed by atoms with van der Waals surface area (Å²) in [5.74, 6) is 0.683. The summed E-state index contributed by atoms with van der Waals surface area (Å²) < 4.78 is 0.943. The second-order valence-corrected chi connectivity index (χ2v) is 5.59. The lowest BCUT2D eigenvalue weighted by Crippen LogP contribution is -2.30. The smallest absolute Gasteiger partial charge is 0.407 e. The molecule has 8 heteroatoms. The van der Waals surface area contributed by atoms with Gasteiger partial charge in [0.2, 0.25) is 5.28 Å². The first-order valence-corrected chi connectivity index (χ1v) is 7.04. The molecule has 0 saturated carbocycles. The van der Waals surface area contributed by atoms with Crippen LogP contribution in [0.1, 0.15) is 6.42 Å². The Morgan fingerprint density at radius 2 is 2.42 bits per heavy atom. The molecule has 1 aliphatic heterocycles. The van der Waals surface area contributed by atoms with Gasteiger partial charge in [0.1, 0.15) is 5.82 Å². The number of carboxylic acid groups (broad SMARTS) is 1. The zero-order valence-electron chi connectivity index (χ0n) is 9.84. The first-order valence-electron chi connectivity index (χ1n) is 5.78. The Balaban J connectivity index is 1.82. The van der Waals surface area contributed by atoms with Crippen molar-refractivity contribution in [2.24, 2.45) is 0 Å². The van der Waals surface area contributed by atoms with Gasteiger partial charge in [0.15, 0.2) is 0 Å². The monoisotopic (exact) mass is 298 g/mol.